The van der Waals surface area contributed by atoms with Crippen molar-refractivity contribution >= 4 is 39.1 Å². The van der Waals surface area contributed by atoms with E-state index in [1.165, 1.54) is 0 Å². The van der Waals surface area contributed by atoms with Gasteiger partial charge in [0.25, 0.3) is 5.91 Å². The number of halogens is 1. The monoisotopic (exact) mass is 301 g/mol. The predicted octanol–water partition coefficient (Wildman–Crippen LogP) is 1.14. The molecule has 16 heavy (non-hydrogen) atoms. The number of nitrogens with one attached hydrogen (secondary N) is 2. The van der Waals surface area contributed by atoms with Crippen molar-refractivity contribution in [2.24, 2.45) is 0 Å². The van der Waals surface area contributed by atoms with Crippen LogP contribution in [0.1, 0.15) is 15.5 Å². The van der Waals surface area contributed by atoms with E-state index in [9.17, 15) is 4.79 Å². The lowest BCUT2D eigenvalue weighted by Crippen LogP contribution is -2.23. The zero-order valence-electron chi connectivity index (χ0n) is 8.03. The van der Waals surface area contributed by atoms with Crippen molar-refractivity contribution < 1.29 is 4.79 Å². The Balaban J connectivity index is 1.93. The van der Waals surface area contributed by atoms with Crippen molar-refractivity contribution in [1.82, 2.24) is 20.5 Å². The molecule has 0 saturated heterocycles. The summed E-state index contributed by atoms with van der Waals surface area (Å²) in [6.45, 7) is 0.454. The fourth-order valence-electron chi connectivity index (χ4n) is 1.07. The zero-order valence-corrected chi connectivity index (χ0v) is 10.4. The van der Waals surface area contributed by atoms with Crippen LogP contribution >= 0.6 is 27.3 Å². The summed E-state index contributed by atoms with van der Waals surface area (Å²) in [5.74, 6) is -0.147. The summed E-state index contributed by atoms with van der Waals surface area (Å²) >= 11 is 4.91. The molecule has 84 valence electrons. The van der Waals surface area contributed by atoms with Crippen LogP contribution in [0.25, 0.3) is 0 Å². The van der Waals surface area contributed by atoms with Crippen LogP contribution in [-0.4, -0.2) is 21.1 Å². The van der Waals surface area contributed by atoms with Crippen LogP contribution in [0, 0.1) is 0 Å². The molecule has 0 radical (unpaired) electrons. The number of nitrogens with zero attached hydrogens (tertiary/aromatic N) is 2. The molecule has 2 heterocycles. The lowest BCUT2D eigenvalue weighted by Gasteiger charge is -1.99. The summed E-state index contributed by atoms with van der Waals surface area (Å²) in [6, 6.07) is 3.86. The van der Waals surface area contributed by atoms with Crippen molar-refractivity contribution in [3.8, 4) is 0 Å². The molecule has 0 aliphatic carbocycles. The number of rotatable bonds is 3. The minimum atomic E-state index is -0.325. The Morgan fingerprint density at radius 3 is 3.00 bits per heavy atom. The molecule has 4 N–H and O–H groups in total. The third-order valence-corrected chi connectivity index (χ3v) is 3.39. The van der Waals surface area contributed by atoms with Gasteiger partial charge in [0.15, 0.2) is 0 Å². The summed E-state index contributed by atoms with van der Waals surface area (Å²) in [5, 5.41) is 8.72. The minimum absolute atomic E-state index is 0.0593. The van der Waals surface area contributed by atoms with Gasteiger partial charge in [-0.1, -0.05) is 0 Å². The number of hydrogen-bond acceptors (Lipinski definition) is 5. The smallest absolute Gasteiger partial charge is 0.288 e. The molecule has 0 bridgehead atoms. The lowest BCUT2D eigenvalue weighted by atomic mass is 10.4. The first-order valence-corrected chi connectivity index (χ1v) is 5.96. The molecule has 0 fully saturated rings. The van der Waals surface area contributed by atoms with Crippen molar-refractivity contribution in [1.29, 1.82) is 0 Å². The maximum Gasteiger partial charge on any atom is 0.288 e. The Morgan fingerprint density at radius 2 is 2.44 bits per heavy atom. The Labute approximate surface area is 103 Å². The molecule has 0 aliphatic rings. The van der Waals surface area contributed by atoms with Gasteiger partial charge in [0.2, 0.25) is 11.8 Å². The average Bonchev–Trinajstić information content (AvgIpc) is 2.84. The molecule has 0 saturated carbocycles. The topological polar surface area (TPSA) is 96.7 Å². The van der Waals surface area contributed by atoms with Gasteiger partial charge in [0, 0.05) is 4.88 Å². The number of carbonyl (C=O) groups is 1. The number of aromatic nitrogens is 3. The fourth-order valence-corrected chi connectivity index (χ4v) is 2.50. The predicted molar refractivity (Wildman–Crippen MR) is 64.0 cm³/mol. The van der Waals surface area contributed by atoms with Gasteiger partial charge in [0.05, 0.1) is 10.3 Å². The molecule has 0 spiro atoms. The number of carbonyl (C=O) groups excluding carboxylic acids is 1. The average molecular weight is 302 g/mol. The van der Waals surface area contributed by atoms with E-state index in [0.717, 1.165) is 8.66 Å². The van der Waals surface area contributed by atoms with E-state index < -0.39 is 0 Å². The maximum atomic E-state index is 11.5. The van der Waals surface area contributed by atoms with Crippen molar-refractivity contribution in [2.45, 2.75) is 6.54 Å². The lowest BCUT2D eigenvalue weighted by molar-refractivity contribution is 0.0941. The highest BCUT2D eigenvalue weighted by molar-refractivity contribution is 9.11. The number of aromatic amines is 1. The second-order valence-corrected chi connectivity index (χ2v) is 5.48. The maximum absolute atomic E-state index is 11.5. The summed E-state index contributed by atoms with van der Waals surface area (Å²) < 4.78 is 1.03. The molecule has 6 nitrogen and oxygen atoms in total. The molecule has 2 rings (SSSR count). The van der Waals surface area contributed by atoms with E-state index in [1.807, 2.05) is 12.1 Å². The third kappa shape index (κ3) is 2.58. The number of hydrogen-bond donors (Lipinski definition) is 3. The van der Waals surface area contributed by atoms with E-state index in [0.29, 0.717) is 6.54 Å². The van der Waals surface area contributed by atoms with Gasteiger partial charge in [-0.25, -0.2) is 0 Å². The van der Waals surface area contributed by atoms with Crippen molar-refractivity contribution in [2.75, 3.05) is 5.73 Å². The minimum Gasteiger partial charge on any atom is -0.366 e. The summed E-state index contributed by atoms with van der Waals surface area (Å²) in [5.41, 5.74) is 5.29. The van der Waals surface area contributed by atoms with E-state index >= 15 is 0 Å². The summed E-state index contributed by atoms with van der Waals surface area (Å²) in [7, 11) is 0. The largest absolute Gasteiger partial charge is 0.366 e. The normalized spacial score (nSPS) is 10.3. The first kappa shape index (κ1) is 11.1. The van der Waals surface area contributed by atoms with E-state index in [1.54, 1.807) is 11.3 Å². The van der Waals surface area contributed by atoms with Crippen LogP contribution < -0.4 is 11.1 Å². The van der Waals surface area contributed by atoms with Gasteiger partial charge in [-0.2, -0.15) is 4.98 Å². The molecule has 1 amide bonds. The van der Waals surface area contributed by atoms with Crippen LogP contribution in [0.5, 0.6) is 0 Å². The first-order chi connectivity index (χ1) is 7.65. The first-order valence-electron chi connectivity index (χ1n) is 4.35. The molecule has 0 aliphatic heterocycles. The second-order valence-electron chi connectivity index (χ2n) is 2.93. The number of H-pyrrole nitrogens is 1. The van der Waals surface area contributed by atoms with E-state index in [-0.39, 0.29) is 17.7 Å². The van der Waals surface area contributed by atoms with Crippen LogP contribution in [0.2, 0.25) is 0 Å². The summed E-state index contributed by atoms with van der Waals surface area (Å²) in [4.78, 5) is 16.3. The van der Waals surface area contributed by atoms with Gasteiger partial charge in [0.1, 0.15) is 0 Å². The number of thiophene rings is 1. The molecular weight excluding hydrogens is 294 g/mol. The van der Waals surface area contributed by atoms with E-state index in [2.05, 4.69) is 36.4 Å². The fraction of sp³-hybridized carbons (Fsp3) is 0.125. The van der Waals surface area contributed by atoms with Crippen LogP contribution in [0.3, 0.4) is 0 Å². The van der Waals surface area contributed by atoms with Gasteiger partial charge in [-0.15, -0.1) is 16.4 Å². The quantitative estimate of drug-likeness (QED) is 0.792. The van der Waals surface area contributed by atoms with Crippen molar-refractivity contribution in [3.63, 3.8) is 0 Å². The highest BCUT2D eigenvalue weighted by Gasteiger charge is 2.10. The second kappa shape index (κ2) is 4.62. The Kier molecular flexibility index (Phi) is 3.20. The van der Waals surface area contributed by atoms with Crippen LogP contribution in [-0.2, 0) is 6.54 Å². The number of anilines is 1. The Morgan fingerprint density at radius 1 is 1.62 bits per heavy atom. The number of amides is 1. The molecule has 8 heteroatoms. The molecule has 0 aromatic carbocycles. The zero-order chi connectivity index (χ0) is 11.5. The third-order valence-electron chi connectivity index (χ3n) is 1.77. The van der Waals surface area contributed by atoms with Crippen LogP contribution in [0.4, 0.5) is 5.95 Å². The van der Waals surface area contributed by atoms with Gasteiger partial charge < -0.3 is 11.1 Å². The van der Waals surface area contributed by atoms with Gasteiger partial charge >= 0.3 is 0 Å². The SMILES string of the molecule is Nc1n[nH]c(C(=O)NCc2ccc(Br)s2)n1. The number of nitrogens with two attached hydrogens (primary N) is 1. The van der Waals surface area contributed by atoms with Gasteiger partial charge in [-0.3, -0.25) is 9.89 Å². The van der Waals surface area contributed by atoms with Gasteiger partial charge in [-0.05, 0) is 28.1 Å². The van der Waals surface area contributed by atoms with Crippen molar-refractivity contribution in [3.05, 3.63) is 26.6 Å². The highest BCUT2D eigenvalue weighted by Crippen LogP contribution is 2.21. The molecule has 2 aromatic rings. The highest BCUT2D eigenvalue weighted by atomic mass is 79.9. The molecule has 0 unspecified atom stereocenters. The molecular formula is C8H8BrN5OS. The molecule has 2 aromatic heterocycles. The van der Waals surface area contributed by atoms with Crippen LogP contribution in [0.15, 0.2) is 15.9 Å². The number of nitrogen functional groups attached to an aromatic ring is 1. The van der Waals surface area contributed by atoms with E-state index in [4.69, 9.17) is 5.73 Å². The standard InChI is InChI=1S/C8H8BrN5OS/c9-5-2-1-4(16-5)3-11-7(15)6-12-8(10)14-13-6/h1-2H,3H2,(H,11,15)(H3,10,12,13,14). The molecule has 0 atom stereocenters. The Bertz CT molecular complexity index is 508. The summed E-state index contributed by atoms with van der Waals surface area (Å²) in [6.07, 6.45) is 0. The Hall–Kier alpha value is -1.41.